The minimum atomic E-state index is 0.252. The molecule has 0 spiro atoms. The fourth-order valence-corrected chi connectivity index (χ4v) is 1.71. The van der Waals surface area contributed by atoms with Crippen molar-refractivity contribution in [3.8, 4) is 5.75 Å². The maximum atomic E-state index is 5.68. The summed E-state index contributed by atoms with van der Waals surface area (Å²) < 4.78 is 10.9. The topological polar surface area (TPSA) is 73.2 Å². The van der Waals surface area contributed by atoms with Crippen LogP contribution in [0.15, 0.2) is 18.2 Å². The van der Waals surface area contributed by atoms with Gasteiger partial charge in [-0.25, -0.2) is 0 Å². The molecule has 84 valence electrons. The number of aromatic amines is 1. The molecule has 1 aromatic heterocycles. The molecule has 5 heteroatoms. The smallest absolute Gasteiger partial charge is 0.153 e. The highest BCUT2D eigenvalue weighted by Crippen LogP contribution is 2.23. The van der Waals surface area contributed by atoms with Gasteiger partial charge in [-0.3, -0.25) is 5.10 Å². The quantitative estimate of drug-likeness (QED) is 0.816. The van der Waals surface area contributed by atoms with Gasteiger partial charge >= 0.3 is 0 Å². The molecule has 2 aromatic rings. The van der Waals surface area contributed by atoms with Gasteiger partial charge in [0.15, 0.2) is 5.82 Å². The first kappa shape index (κ1) is 9.47. The first-order chi connectivity index (χ1) is 7.83. The first-order valence-corrected chi connectivity index (χ1v) is 5.31. The number of nitrogen functional groups attached to an aromatic ring is 1. The molecular weight excluding hydrogens is 206 g/mol. The molecule has 3 rings (SSSR count). The molecule has 1 aliphatic heterocycles. The Balaban J connectivity index is 1.76. The van der Waals surface area contributed by atoms with Crippen LogP contribution in [-0.2, 0) is 4.74 Å². The van der Waals surface area contributed by atoms with Gasteiger partial charge in [0.2, 0.25) is 0 Å². The third kappa shape index (κ3) is 1.59. The van der Waals surface area contributed by atoms with Crippen LogP contribution in [0, 0.1) is 0 Å². The van der Waals surface area contributed by atoms with Crippen LogP contribution in [0.3, 0.4) is 0 Å². The minimum absolute atomic E-state index is 0.252. The number of nitrogens with two attached hydrogens (primary N) is 1. The first-order valence-electron chi connectivity index (χ1n) is 5.31. The third-order valence-corrected chi connectivity index (χ3v) is 2.79. The molecular formula is C11H13N3O2. The fraction of sp³-hybridized carbons (Fsp3) is 0.364. The second-order valence-corrected chi connectivity index (χ2v) is 3.91. The van der Waals surface area contributed by atoms with Crippen LogP contribution in [0.1, 0.15) is 6.42 Å². The van der Waals surface area contributed by atoms with Crippen LogP contribution in [0.4, 0.5) is 5.82 Å². The Morgan fingerprint density at radius 2 is 2.44 bits per heavy atom. The van der Waals surface area contributed by atoms with Crippen molar-refractivity contribution < 1.29 is 9.47 Å². The standard InChI is InChI=1S/C11H13N3O2/c12-11-9-2-1-7(5-10(9)13-14-11)16-6-8-3-4-15-8/h1-2,5,8H,3-4,6H2,(H3,12,13,14). The van der Waals surface area contributed by atoms with Crippen molar-refractivity contribution in [1.29, 1.82) is 0 Å². The minimum Gasteiger partial charge on any atom is -0.491 e. The lowest BCUT2D eigenvalue weighted by Gasteiger charge is -2.26. The number of fused-ring (bicyclic) bond motifs is 1. The van der Waals surface area contributed by atoms with Crippen molar-refractivity contribution >= 4 is 16.7 Å². The van der Waals surface area contributed by atoms with E-state index in [0.29, 0.717) is 12.4 Å². The lowest BCUT2D eigenvalue weighted by atomic mass is 10.2. The van der Waals surface area contributed by atoms with Gasteiger partial charge in [-0.1, -0.05) is 0 Å². The van der Waals surface area contributed by atoms with Gasteiger partial charge in [-0.2, -0.15) is 5.10 Å². The van der Waals surface area contributed by atoms with Crippen LogP contribution in [-0.4, -0.2) is 29.5 Å². The van der Waals surface area contributed by atoms with Crippen molar-refractivity contribution in [3.63, 3.8) is 0 Å². The molecule has 1 aromatic carbocycles. The highest BCUT2D eigenvalue weighted by molar-refractivity contribution is 5.89. The normalized spacial score (nSPS) is 19.6. The lowest BCUT2D eigenvalue weighted by Crippen LogP contribution is -2.32. The highest BCUT2D eigenvalue weighted by Gasteiger charge is 2.18. The zero-order valence-corrected chi connectivity index (χ0v) is 8.77. The van der Waals surface area contributed by atoms with Crippen LogP contribution in [0.2, 0.25) is 0 Å². The molecule has 5 nitrogen and oxygen atoms in total. The second kappa shape index (κ2) is 3.68. The summed E-state index contributed by atoms with van der Waals surface area (Å²) in [6.07, 6.45) is 1.33. The molecule has 0 bridgehead atoms. The molecule has 1 atom stereocenters. The summed E-state index contributed by atoms with van der Waals surface area (Å²) in [6.45, 7) is 1.46. The SMILES string of the molecule is Nc1n[nH]c2cc(OCC3CCO3)ccc12. The van der Waals surface area contributed by atoms with E-state index in [2.05, 4.69) is 10.2 Å². The van der Waals surface area contributed by atoms with E-state index in [4.69, 9.17) is 15.2 Å². The van der Waals surface area contributed by atoms with E-state index in [0.717, 1.165) is 29.7 Å². The molecule has 0 amide bonds. The molecule has 0 radical (unpaired) electrons. The molecule has 0 saturated carbocycles. The predicted molar refractivity (Wildman–Crippen MR) is 60.4 cm³/mol. The van der Waals surface area contributed by atoms with Crippen molar-refractivity contribution in [3.05, 3.63) is 18.2 Å². The fourth-order valence-electron chi connectivity index (χ4n) is 1.71. The van der Waals surface area contributed by atoms with Gasteiger partial charge < -0.3 is 15.2 Å². The average molecular weight is 219 g/mol. The van der Waals surface area contributed by atoms with Crippen LogP contribution < -0.4 is 10.5 Å². The summed E-state index contributed by atoms with van der Waals surface area (Å²) >= 11 is 0. The highest BCUT2D eigenvalue weighted by atomic mass is 16.5. The largest absolute Gasteiger partial charge is 0.491 e. The van der Waals surface area contributed by atoms with E-state index in [1.54, 1.807) is 0 Å². The summed E-state index contributed by atoms with van der Waals surface area (Å²) in [7, 11) is 0. The Bertz CT molecular complexity index is 505. The number of nitrogens with zero attached hydrogens (tertiary/aromatic N) is 1. The van der Waals surface area contributed by atoms with E-state index in [1.807, 2.05) is 18.2 Å². The Morgan fingerprint density at radius 3 is 3.19 bits per heavy atom. The van der Waals surface area contributed by atoms with E-state index in [-0.39, 0.29) is 6.10 Å². The Hall–Kier alpha value is -1.75. The van der Waals surface area contributed by atoms with Gasteiger partial charge in [0.25, 0.3) is 0 Å². The maximum Gasteiger partial charge on any atom is 0.153 e. The van der Waals surface area contributed by atoms with Gasteiger partial charge in [-0.05, 0) is 12.1 Å². The third-order valence-electron chi connectivity index (χ3n) is 2.79. The van der Waals surface area contributed by atoms with E-state index in [1.165, 1.54) is 0 Å². The number of hydrogen-bond donors (Lipinski definition) is 2. The Labute approximate surface area is 92.5 Å². The molecule has 1 fully saturated rings. The zero-order valence-electron chi connectivity index (χ0n) is 8.77. The predicted octanol–water partition coefficient (Wildman–Crippen LogP) is 1.31. The van der Waals surface area contributed by atoms with E-state index >= 15 is 0 Å². The van der Waals surface area contributed by atoms with Crippen LogP contribution in [0.5, 0.6) is 5.75 Å². The number of aromatic nitrogens is 2. The Morgan fingerprint density at radius 1 is 1.56 bits per heavy atom. The second-order valence-electron chi connectivity index (χ2n) is 3.91. The zero-order chi connectivity index (χ0) is 11.0. The van der Waals surface area contributed by atoms with Crippen LogP contribution >= 0.6 is 0 Å². The monoisotopic (exact) mass is 219 g/mol. The number of H-pyrrole nitrogens is 1. The number of anilines is 1. The summed E-state index contributed by atoms with van der Waals surface area (Å²) in [5.74, 6) is 1.33. The van der Waals surface area contributed by atoms with Crippen molar-refractivity contribution in [1.82, 2.24) is 10.2 Å². The van der Waals surface area contributed by atoms with Crippen LogP contribution in [0.25, 0.3) is 10.9 Å². The summed E-state index contributed by atoms with van der Waals surface area (Å²) in [6, 6.07) is 5.70. The number of hydrogen-bond acceptors (Lipinski definition) is 4. The van der Waals surface area contributed by atoms with Crippen molar-refractivity contribution in [2.24, 2.45) is 0 Å². The summed E-state index contributed by atoms with van der Waals surface area (Å²) in [4.78, 5) is 0. The molecule has 3 N–H and O–H groups in total. The van der Waals surface area contributed by atoms with Gasteiger partial charge in [0.1, 0.15) is 12.4 Å². The molecule has 16 heavy (non-hydrogen) atoms. The van der Waals surface area contributed by atoms with Gasteiger partial charge in [0.05, 0.1) is 11.6 Å². The molecule has 1 unspecified atom stereocenters. The molecule has 1 saturated heterocycles. The number of rotatable bonds is 3. The molecule has 0 aliphatic carbocycles. The van der Waals surface area contributed by atoms with Crippen molar-refractivity contribution in [2.45, 2.75) is 12.5 Å². The number of benzene rings is 1. The average Bonchev–Trinajstić information content (AvgIpc) is 2.58. The van der Waals surface area contributed by atoms with Gasteiger partial charge in [0, 0.05) is 24.5 Å². The number of ether oxygens (including phenoxy) is 2. The van der Waals surface area contributed by atoms with E-state index in [9.17, 15) is 0 Å². The van der Waals surface area contributed by atoms with Crippen molar-refractivity contribution in [2.75, 3.05) is 18.9 Å². The maximum absolute atomic E-state index is 5.68. The lowest BCUT2D eigenvalue weighted by molar-refractivity contribution is -0.0720. The van der Waals surface area contributed by atoms with E-state index < -0.39 is 0 Å². The molecule has 1 aliphatic rings. The summed E-state index contributed by atoms with van der Waals surface area (Å²) in [5.41, 5.74) is 6.57. The van der Waals surface area contributed by atoms with Gasteiger partial charge in [-0.15, -0.1) is 0 Å². The number of nitrogens with one attached hydrogen (secondary N) is 1. The molecule has 2 heterocycles. The Kier molecular flexibility index (Phi) is 2.18. The summed E-state index contributed by atoms with van der Waals surface area (Å²) in [5, 5.41) is 7.71.